The molecule has 0 atom stereocenters. The van der Waals surface area contributed by atoms with E-state index in [0.717, 1.165) is 33.2 Å². The number of aryl methyl sites for hydroxylation is 1. The van der Waals surface area contributed by atoms with Crippen molar-refractivity contribution >= 4 is 21.8 Å². The molecule has 2 aromatic carbocycles. The fourth-order valence-electron chi connectivity index (χ4n) is 2.86. The van der Waals surface area contributed by atoms with Crippen LogP contribution >= 0.6 is 0 Å². The van der Waals surface area contributed by atoms with E-state index in [1.165, 1.54) is 12.1 Å². The van der Waals surface area contributed by atoms with E-state index in [9.17, 15) is 4.39 Å². The van der Waals surface area contributed by atoms with Gasteiger partial charge < -0.3 is 4.74 Å². The third-order valence-electron chi connectivity index (χ3n) is 3.97. The van der Waals surface area contributed by atoms with E-state index >= 15 is 0 Å². The molecule has 2 aromatic heterocycles. The summed E-state index contributed by atoms with van der Waals surface area (Å²) < 4.78 is 20.4. The van der Waals surface area contributed by atoms with Gasteiger partial charge in [0.25, 0.3) is 0 Å². The Labute approximate surface area is 132 Å². The molecule has 0 aliphatic heterocycles. The highest BCUT2D eigenvalue weighted by molar-refractivity contribution is 6.06. The Kier molecular flexibility index (Phi) is 3.01. The van der Waals surface area contributed by atoms with Gasteiger partial charge in [0.2, 0.25) is 0 Å². The highest BCUT2D eigenvalue weighted by Crippen LogP contribution is 2.32. The lowest BCUT2D eigenvalue weighted by molar-refractivity contribution is 0.419. The van der Waals surface area contributed by atoms with Crippen molar-refractivity contribution in [2.75, 3.05) is 7.11 Å². The Morgan fingerprint density at radius 2 is 1.83 bits per heavy atom. The number of para-hydroxylation sites is 1. The Balaban J connectivity index is 2.12. The summed E-state index contributed by atoms with van der Waals surface area (Å²) in [6.45, 7) is 1.94. The standard InChI is InChI=1S/C18H14FN3O/c1-11-15-10-20-17-14(4-3-5-16(17)23-2)18(15)22(21-11)13-8-6-12(19)7-9-13/h3-10H,1-2H3. The molecule has 5 heteroatoms. The summed E-state index contributed by atoms with van der Waals surface area (Å²) in [5.74, 6) is 0.448. The van der Waals surface area contributed by atoms with Crippen molar-refractivity contribution in [2.24, 2.45) is 0 Å². The van der Waals surface area contributed by atoms with Crippen molar-refractivity contribution < 1.29 is 9.13 Å². The predicted molar refractivity (Wildman–Crippen MR) is 87.6 cm³/mol. The molecule has 0 amide bonds. The van der Waals surface area contributed by atoms with Crippen LogP contribution < -0.4 is 4.74 Å². The average Bonchev–Trinajstić information content (AvgIpc) is 2.92. The van der Waals surface area contributed by atoms with Crippen LogP contribution in [0.1, 0.15) is 5.69 Å². The molecule has 0 N–H and O–H groups in total. The first-order chi connectivity index (χ1) is 11.2. The molecule has 4 aromatic rings. The van der Waals surface area contributed by atoms with Crippen molar-refractivity contribution in [1.29, 1.82) is 0 Å². The van der Waals surface area contributed by atoms with Crippen LogP contribution in [0.5, 0.6) is 5.75 Å². The molecular formula is C18H14FN3O. The lowest BCUT2D eigenvalue weighted by atomic mass is 10.1. The van der Waals surface area contributed by atoms with Crippen molar-refractivity contribution in [3.8, 4) is 11.4 Å². The molecule has 4 rings (SSSR count). The first-order valence-electron chi connectivity index (χ1n) is 7.26. The maximum Gasteiger partial charge on any atom is 0.145 e. The number of halogens is 1. The van der Waals surface area contributed by atoms with Crippen LogP contribution in [0.3, 0.4) is 0 Å². The minimum atomic E-state index is -0.268. The third-order valence-corrected chi connectivity index (χ3v) is 3.97. The number of hydrogen-bond donors (Lipinski definition) is 0. The number of ether oxygens (including phenoxy) is 1. The molecule has 0 aliphatic rings. The predicted octanol–water partition coefficient (Wildman–Crippen LogP) is 4.03. The lowest BCUT2D eigenvalue weighted by Gasteiger charge is -2.08. The Morgan fingerprint density at radius 1 is 1.04 bits per heavy atom. The topological polar surface area (TPSA) is 39.9 Å². The molecule has 114 valence electrons. The van der Waals surface area contributed by atoms with E-state index in [4.69, 9.17) is 4.74 Å². The number of pyridine rings is 1. The number of rotatable bonds is 2. The number of benzene rings is 2. The molecule has 0 saturated carbocycles. The summed E-state index contributed by atoms with van der Waals surface area (Å²) in [6, 6.07) is 12.1. The smallest absolute Gasteiger partial charge is 0.145 e. The first kappa shape index (κ1) is 13.7. The van der Waals surface area contributed by atoms with Crippen LogP contribution in [0.15, 0.2) is 48.7 Å². The van der Waals surface area contributed by atoms with Gasteiger partial charge >= 0.3 is 0 Å². The number of fused-ring (bicyclic) bond motifs is 3. The zero-order chi connectivity index (χ0) is 16.0. The van der Waals surface area contributed by atoms with E-state index in [0.29, 0.717) is 5.75 Å². The molecule has 0 unspecified atom stereocenters. The first-order valence-corrected chi connectivity index (χ1v) is 7.26. The molecule has 0 saturated heterocycles. The number of hydrogen-bond acceptors (Lipinski definition) is 3. The minimum Gasteiger partial charge on any atom is -0.494 e. The Morgan fingerprint density at radius 3 is 2.57 bits per heavy atom. The van der Waals surface area contributed by atoms with Crippen LogP contribution in [0.2, 0.25) is 0 Å². The van der Waals surface area contributed by atoms with Gasteiger partial charge in [-0.15, -0.1) is 0 Å². The minimum absolute atomic E-state index is 0.268. The zero-order valence-electron chi connectivity index (χ0n) is 12.7. The number of aromatic nitrogens is 3. The molecule has 0 spiro atoms. The van der Waals surface area contributed by atoms with Gasteiger partial charge in [0.05, 0.1) is 24.0 Å². The molecule has 2 heterocycles. The summed E-state index contributed by atoms with van der Waals surface area (Å²) in [5, 5.41) is 6.53. The maximum atomic E-state index is 13.2. The maximum absolute atomic E-state index is 13.2. The molecule has 0 bridgehead atoms. The second kappa shape index (κ2) is 5.05. The monoisotopic (exact) mass is 307 g/mol. The van der Waals surface area contributed by atoms with Gasteiger partial charge in [0, 0.05) is 17.0 Å². The second-order valence-electron chi connectivity index (χ2n) is 5.35. The molecule has 0 radical (unpaired) electrons. The molecular weight excluding hydrogens is 293 g/mol. The van der Waals surface area contributed by atoms with Crippen molar-refractivity contribution in [2.45, 2.75) is 6.92 Å². The summed E-state index contributed by atoms with van der Waals surface area (Å²) in [6.07, 6.45) is 1.81. The summed E-state index contributed by atoms with van der Waals surface area (Å²) in [7, 11) is 1.63. The van der Waals surface area contributed by atoms with E-state index in [-0.39, 0.29) is 5.82 Å². The average molecular weight is 307 g/mol. The van der Waals surface area contributed by atoms with Crippen LogP contribution in [0.4, 0.5) is 4.39 Å². The van der Waals surface area contributed by atoms with Gasteiger partial charge in [0.15, 0.2) is 0 Å². The van der Waals surface area contributed by atoms with Gasteiger partial charge in [-0.25, -0.2) is 9.07 Å². The highest BCUT2D eigenvalue weighted by atomic mass is 19.1. The highest BCUT2D eigenvalue weighted by Gasteiger charge is 2.15. The SMILES string of the molecule is COc1cccc2c1ncc1c(C)nn(-c3ccc(F)cc3)c12. The van der Waals surface area contributed by atoms with Gasteiger partial charge in [0.1, 0.15) is 17.1 Å². The van der Waals surface area contributed by atoms with Crippen LogP contribution in [0, 0.1) is 12.7 Å². The quantitative estimate of drug-likeness (QED) is 0.561. The van der Waals surface area contributed by atoms with Gasteiger partial charge in [-0.05, 0) is 37.3 Å². The Hall–Kier alpha value is -2.95. The van der Waals surface area contributed by atoms with Crippen LogP contribution in [0.25, 0.3) is 27.5 Å². The van der Waals surface area contributed by atoms with Crippen molar-refractivity contribution in [1.82, 2.24) is 14.8 Å². The second-order valence-corrected chi connectivity index (χ2v) is 5.35. The number of nitrogens with zero attached hydrogens (tertiary/aromatic N) is 3. The fraction of sp³-hybridized carbons (Fsp3) is 0.111. The normalized spacial score (nSPS) is 11.3. The molecule has 23 heavy (non-hydrogen) atoms. The molecule has 0 aliphatic carbocycles. The van der Waals surface area contributed by atoms with Crippen molar-refractivity contribution in [3.63, 3.8) is 0 Å². The third kappa shape index (κ3) is 2.04. The fourth-order valence-corrected chi connectivity index (χ4v) is 2.86. The van der Waals surface area contributed by atoms with Gasteiger partial charge in [-0.3, -0.25) is 4.98 Å². The van der Waals surface area contributed by atoms with Crippen LogP contribution in [-0.4, -0.2) is 21.9 Å². The number of methoxy groups -OCH3 is 1. The van der Waals surface area contributed by atoms with E-state index in [1.807, 2.05) is 36.0 Å². The van der Waals surface area contributed by atoms with Gasteiger partial charge in [-0.2, -0.15) is 5.10 Å². The summed E-state index contributed by atoms with van der Waals surface area (Å²) in [5.41, 5.74) is 3.41. The summed E-state index contributed by atoms with van der Waals surface area (Å²) in [4.78, 5) is 4.52. The lowest BCUT2D eigenvalue weighted by Crippen LogP contribution is -1.97. The molecule has 4 nitrogen and oxygen atoms in total. The largest absolute Gasteiger partial charge is 0.494 e. The van der Waals surface area contributed by atoms with E-state index in [2.05, 4.69) is 10.1 Å². The zero-order valence-corrected chi connectivity index (χ0v) is 12.7. The van der Waals surface area contributed by atoms with Gasteiger partial charge in [-0.1, -0.05) is 12.1 Å². The molecule has 0 fully saturated rings. The van der Waals surface area contributed by atoms with E-state index < -0.39 is 0 Å². The van der Waals surface area contributed by atoms with Crippen LogP contribution in [-0.2, 0) is 0 Å². The summed E-state index contributed by atoms with van der Waals surface area (Å²) >= 11 is 0. The van der Waals surface area contributed by atoms with Crippen molar-refractivity contribution in [3.05, 3.63) is 60.2 Å². The Bertz CT molecular complexity index is 1020. The van der Waals surface area contributed by atoms with E-state index in [1.54, 1.807) is 19.2 Å².